The predicted octanol–water partition coefficient (Wildman–Crippen LogP) is 5.48. The van der Waals surface area contributed by atoms with Crippen molar-refractivity contribution in [3.8, 4) is 0 Å². The van der Waals surface area contributed by atoms with E-state index >= 15 is 0 Å². The first-order valence-electron chi connectivity index (χ1n) is 8.10. The highest BCUT2D eigenvalue weighted by molar-refractivity contribution is 6.69. The molecule has 0 radical (unpaired) electrons. The fraction of sp³-hybridized carbons (Fsp3) is 0.556. The lowest BCUT2D eigenvalue weighted by molar-refractivity contribution is 0.0881. The van der Waals surface area contributed by atoms with Crippen LogP contribution in [0.2, 0.25) is 19.6 Å². The smallest absolute Gasteiger partial charge is 0.261 e. The van der Waals surface area contributed by atoms with Crippen molar-refractivity contribution in [2.45, 2.75) is 58.4 Å². The van der Waals surface area contributed by atoms with E-state index in [4.69, 9.17) is 9.16 Å². The van der Waals surface area contributed by atoms with Gasteiger partial charge in [0.2, 0.25) is 8.32 Å². The van der Waals surface area contributed by atoms with Crippen LogP contribution in [0.1, 0.15) is 37.7 Å². The normalized spacial score (nSPS) is 17.6. The van der Waals surface area contributed by atoms with E-state index in [0.717, 1.165) is 5.95 Å². The molecule has 0 heterocycles. The van der Waals surface area contributed by atoms with E-state index in [2.05, 4.69) is 37.8 Å². The van der Waals surface area contributed by atoms with Gasteiger partial charge in [-0.15, -0.1) is 0 Å². The second-order valence-corrected chi connectivity index (χ2v) is 11.3. The lowest BCUT2D eigenvalue weighted by atomic mass is 9.89. The first kappa shape index (κ1) is 16.2. The lowest BCUT2D eigenvalue weighted by Gasteiger charge is -2.24. The summed E-state index contributed by atoms with van der Waals surface area (Å²) in [4.78, 5) is 0. The van der Waals surface area contributed by atoms with Crippen LogP contribution in [0.3, 0.4) is 0 Å². The minimum absolute atomic E-state index is 0.587. The second kappa shape index (κ2) is 7.69. The second-order valence-electron chi connectivity index (χ2n) is 6.87. The van der Waals surface area contributed by atoms with Crippen molar-refractivity contribution in [3.05, 3.63) is 47.9 Å². The van der Waals surface area contributed by atoms with Gasteiger partial charge in [0.1, 0.15) is 6.61 Å². The Kier molecular flexibility index (Phi) is 5.92. The van der Waals surface area contributed by atoms with Gasteiger partial charge in [0, 0.05) is 0 Å². The van der Waals surface area contributed by atoms with Gasteiger partial charge in [-0.25, -0.2) is 0 Å². The number of hydrogen-bond acceptors (Lipinski definition) is 2. The average Bonchev–Trinajstić information content (AvgIpc) is 2.45. The number of benzene rings is 1. The van der Waals surface area contributed by atoms with Crippen LogP contribution in [0.15, 0.2) is 42.4 Å². The van der Waals surface area contributed by atoms with Crippen molar-refractivity contribution in [1.82, 2.24) is 0 Å². The van der Waals surface area contributed by atoms with E-state index in [0.29, 0.717) is 12.5 Å². The summed E-state index contributed by atoms with van der Waals surface area (Å²) in [7, 11) is -1.64. The molecule has 0 spiro atoms. The van der Waals surface area contributed by atoms with E-state index in [-0.39, 0.29) is 0 Å². The zero-order chi connectivity index (χ0) is 15.1. The van der Waals surface area contributed by atoms with Gasteiger partial charge in [0.25, 0.3) is 5.95 Å². The van der Waals surface area contributed by atoms with Crippen LogP contribution >= 0.6 is 0 Å². The van der Waals surface area contributed by atoms with E-state index < -0.39 is 8.32 Å². The Labute approximate surface area is 130 Å². The van der Waals surface area contributed by atoms with Crippen LogP contribution in [-0.2, 0) is 15.8 Å². The highest BCUT2D eigenvalue weighted by atomic mass is 28.4. The lowest BCUT2D eigenvalue weighted by Crippen LogP contribution is -2.26. The molecule has 0 saturated heterocycles. The molecule has 1 aliphatic rings. The molecule has 1 aliphatic carbocycles. The zero-order valence-electron chi connectivity index (χ0n) is 13.6. The number of allylic oxidation sites excluding steroid dienone is 1. The molecule has 0 unspecified atom stereocenters. The predicted molar refractivity (Wildman–Crippen MR) is 90.3 cm³/mol. The average molecular weight is 305 g/mol. The molecule has 2 rings (SSSR count). The van der Waals surface area contributed by atoms with Crippen LogP contribution in [0.5, 0.6) is 0 Å². The van der Waals surface area contributed by atoms with Gasteiger partial charge < -0.3 is 9.16 Å². The van der Waals surface area contributed by atoms with Crippen LogP contribution in [0.25, 0.3) is 0 Å². The van der Waals surface area contributed by atoms with Crippen molar-refractivity contribution < 1.29 is 9.16 Å². The molecule has 0 bridgehead atoms. The maximum atomic E-state index is 6.14. The Morgan fingerprint density at radius 2 is 1.76 bits per heavy atom. The minimum Gasteiger partial charge on any atom is -0.520 e. The van der Waals surface area contributed by atoms with Gasteiger partial charge in [-0.2, -0.15) is 0 Å². The third-order valence-electron chi connectivity index (χ3n) is 3.65. The van der Waals surface area contributed by atoms with E-state index in [9.17, 15) is 0 Å². The molecule has 1 aromatic carbocycles. The van der Waals surface area contributed by atoms with Gasteiger partial charge in [0.05, 0.1) is 0 Å². The van der Waals surface area contributed by atoms with Gasteiger partial charge in [-0.3, -0.25) is 0 Å². The van der Waals surface area contributed by atoms with E-state index in [1.165, 1.54) is 37.7 Å². The Hall–Kier alpha value is -1.22. The third kappa shape index (κ3) is 6.38. The molecule has 3 heteroatoms. The maximum absolute atomic E-state index is 6.14. The largest absolute Gasteiger partial charge is 0.520 e. The summed E-state index contributed by atoms with van der Waals surface area (Å²) in [5.41, 5.74) is 1.19. The molecule has 1 aromatic rings. The number of rotatable bonds is 6. The molecule has 21 heavy (non-hydrogen) atoms. The van der Waals surface area contributed by atoms with Gasteiger partial charge >= 0.3 is 0 Å². The minimum atomic E-state index is -1.64. The third-order valence-corrected chi connectivity index (χ3v) is 4.47. The van der Waals surface area contributed by atoms with Crippen molar-refractivity contribution in [2.24, 2.45) is 5.92 Å². The summed E-state index contributed by atoms with van der Waals surface area (Å²) >= 11 is 0. The molecule has 1 saturated carbocycles. The summed E-state index contributed by atoms with van der Waals surface area (Å²) in [6, 6.07) is 10.3. The summed E-state index contributed by atoms with van der Waals surface area (Å²) in [6.45, 7) is 7.19. The molecule has 2 nitrogen and oxygen atoms in total. The Morgan fingerprint density at radius 3 is 2.38 bits per heavy atom. The quantitative estimate of drug-likeness (QED) is 0.512. The Morgan fingerprint density at radius 1 is 1.10 bits per heavy atom. The molecule has 0 N–H and O–H groups in total. The van der Waals surface area contributed by atoms with E-state index in [1.54, 1.807) is 0 Å². The fourth-order valence-electron chi connectivity index (χ4n) is 2.64. The van der Waals surface area contributed by atoms with Crippen LogP contribution < -0.4 is 0 Å². The first-order chi connectivity index (χ1) is 10.0. The summed E-state index contributed by atoms with van der Waals surface area (Å²) < 4.78 is 12.1. The molecule has 1 fully saturated rings. The van der Waals surface area contributed by atoms with Crippen molar-refractivity contribution in [3.63, 3.8) is 0 Å². The summed E-state index contributed by atoms with van der Waals surface area (Å²) in [5, 5.41) is 0. The van der Waals surface area contributed by atoms with Gasteiger partial charge in [0.15, 0.2) is 0 Å². The van der Waals surface area contributed by atoms with Crippen LogP contribution in [-0.4, -0.2) is 8.32 Å². The van der Waals surface area contributed by atoms with Crippen LogP contribution in [0.4, 0.5) is 0 Å². The highest BCUT2D eigenvalue weighted by Crippen LogP contribution is 2.27. The van der Waals surface area contributed by atoms with Crippen molar-refractivity contribution in [2.75, 3.05) is 0 Å². The molecule has 116 valence electrons. The molecular weight excluding hydrogens is 276 g/mol. The molecule has 0 aliphatic heterocycles. The Bertz CT molecular complexity index is 442. The van der Waals surface area contributed by atoms with Gasteiger partial charge in [-0.1, -0.05) is 49.6 Å². The maximum Gasteiger partial charge on any atom is 0.261 e. The standard InChI is InChI=1S/C18H28O2Si/c1-21(2,3)20-18(14-16-10-6-4-7-11-16)19-15-17-12-8-5-9-13-17/h5,8-9,12-14,16H,4,6-7,10-11,15H2,1-3H3/b18-14+. The monoisotopic (exact) mass is 304 g/mol. The summed E-state index contributed by atoms with van der Waals surface area (Å²) in [6.07, 6.45) is 8.82. The topological polar surface area (TPSA) is 18.5 Å². The zero-order valence-corrected chi connectivity index (χ0v) is 14.6. The molecular formula is C18H28O2Si. The van der Waals surface area contributed by atoms with Crippen LogP contribution in [0, 0.1) is 5.92 Å². The molecule has 0 amide bonds. The van der Waals surface area contributed by atoms with E-state index in [1.807, 2.05) is 18.2 Å². The summed E-state index contributed by atoms with van der Waals surface area (Å²) in [5.74, 6) is 1.38. The first-order valence-corrected chi connectivity index (χ1v) is 11.5. The highest BCUT2D eigenvalue weighted by Gasteiger charge is 2.21. The fourth-order valence-corrected chi connectivity index (χ4v) is 3.37. The van der Waals surface area contributed by atoms with Gasteiger partial charge in [-0.05, 0) is 50.0 Å². The van der Waals surface area contributed by atoms with Crippen molar-refractivity contribution in [1.29, 1.82) is 0 Å². The van der Waals surface area contributed by atoms with Crippen molar-refractivity contribution >= 4 is 8.32 Å². The Balaban J connectivity index is 1.99. The number of ether oxygens (including phenoxy) is 1. The number of hydrogen-bond donors (Lipinski definition) is 0. The molecule has 0 aromatic heterocycles. The molecule has 0 atom stereocenters. The SMILES string of the molecule is C[Si](C)(C)O/C(=C/C1CCCCC1)OCc1ccccc1.